The summed E-state index contributed by atoms with van der Waals surface area (Å²) in [7, 11) is 0. The van der Waals surface area contributed by atoms with Crippen LogP contribution >= 0.6 is 0 Å². The number of morpholine rings is 1. The van der Waals surface area contributed by atoms with Crippen molar-refractivity contribution in [1.82, 2.24) is 15.5 Å². The monoisotopic (exact) mass is 432 g/mol. The van der Waals surface area contributed by atoms with Crippen molar-refractivity contribution >= 4 is 5.96 Å². The fourth-order valence-corrected chi connectivity index (χ4v) is 3.22. The summed E-state index contributed by atoms with van der Waals surface area (Å²) in [6, 6.07) is 11.2. The molecule has 1 fully saturated rings. The number of ether oxygens (including phenoxy) is 2. The standard InChI is InChI=1S/C23H30F2N4O2/c1-2-26-23(28-17-19-15-20(24)6-7-22(19)25)27-16-18-4-3-5-21(14-18)31-13-10-29-8-11-30-12-9-29/h3-7,14-15H,2,8-13,16-17H2,1H3,(H2,26,27,28). The quantitative estimate of drug-likeness (QED) is 0.471. The third-order valence-corrected chi connectivity index (χ3v) is 4.90. The van der Waals surface area contributed by atoms with Gasteiger partial charge in [0.05, 0.1) is 19.8 Å². The summed E-state index contributed by atoms with van der Waals surface area (Å²) in [4.78, 5) is 6.87. The number of halogens is 2. The van der Waals surface area contributed by atoms with Gasteiger partial charge in [-0.05, 0) is 42.8 Å². The maximum Gasteiger partial charge on any atom is 0.191 e. The average molecular weight is 433 g/mol. The Balaban J connectivity index is 1.52. The number of nitrogens with one attached hydrogen (secondary N) is 2. The Kier molecular flexibility index (Phi) is 9.05. The fraction of sp³-hybridized carbons (Fsp3) is 0.435. The van der Waals surface area contributed by atoms with Gasteiger partial charge in [0.15, 0.2) is 5.96 Å². The molecule has 1 saturated heterocycles. The molecule has 0 aromatic heterocycles. The number of aliphatic imine (C=N–C) groups is 1. The molecule has 1 aliphatic heterocycles. The summed E-state index contributed by atoms with van der Waals surface area (Å²) < 4.78 is 38.4. The van der Waals surface area contributed by atoms with Gasteiger partial charge in [-0.2, -0.15) is 0 Å². The van der Waals surface area contributed by atoms with Crippen LogP contribution in [-0.2, 0) is 17.8 Å². The van der Waals surface area contributed by atoms with Crippen molar-refractivity contribution in [2.75, 3.05) is 46.0 Å². The third-order valence-electron chi connectivity index (χ3n) is 4.90. The molecule has 2 aromatic rings. The van der Waals surface area contributed by atoms with E-state index in [1.807, 2.05) is 31.2 Å². The highest BCUT2D eigenvalue weighted by Gasteiger charge is 2.10. The average Bonchev–Trinajstić information content (AvgIpc) is 2.79. The zero-order valence-electron chi connectivity index (χ0n) is 17.9. The lowest BCUT2D eigenvalue weighted by atomic mass is 10.2. The Morgan fingerprint density at radius 2 is 1.97 bits per heavy atom. The molecule has 8 heteroatoms. The predicted molar refractivity (Wildman–Crippen MR) is 117 cm³/mol. The minimum absolute atomic E-state index is 0.139. The van der Waals surface area contributed by atoms with Gasteiger partial charge in [0.1, 0.15) is 24.0 Å². The van der Waals surface area contributed by atoms with Crippen LogP contribution in [0.1, 0.15) is 18.1 Å². The molecule has 2 aromatic carbocycles. The second kappa shape index (κ2) is 12.2. The minimum atomic E-state index is -0.467. The normalized spacial score (nSPS) is 15.0. The number of hydrogen-bond donors (Lipinski definition) is 2. The van der Waals surface area contributed by atoms with Crippen LogP contribution < -0.4 is 15.4 Å². The molecule has 0 aliphatic carbocycles. The van der Waals surface area contributed by atoms with Crippen LogP contribution in [0.4, 0.5) is 8.78 Å². The first kappa shape index (κ1) is 23.0. The number of guanidine groups is 1. The highest BCUT2D eigenvalue weighted by atomic mass is 19.1. The highest BCUT2D eigenvalue weighted by molar-refractivity contribution is 5.79. The molecule has 0 atom stereocenters. The fourth-order valence-electron chi connectivity index (χ4n) is 3.22. The summed E-state index contributed by atoms with van der Waals surface area (Å²) in [5.74, 6) is 0.419. The maximum atomic E-state index is 13.8. The molecule has 0 saturated carbocycles. The molecule has 0 amide bonds. The zero-order valence-corrected chi connectivity index (χ0v) is 17.9. The van der Waals surface area contributed by atoms with Crippen molar-refractivity contribution in [3.63, 3.8) is 0 Å². The molecule has 31 heavy (non-hydrogen) atoms. The topological polar surface area (TPSA) is 58.1 Å². The first-order valence-corrected chi connectivity index (χ1v) is 10.6. The minimum Gasteiger partial charge on any atom is -0.492 e. The highest BCUT2D eigenvalue weighted by Crippen LogP contribution is 2.14. The maximum absolute atomic E-state index is 13.8. The first-order valence-electron chi connectivity index (χ1n) is 10.6. The predicted octanol–water partition coefficient (Wildman–Crippen LogP) is 2.93. The largest absolute Gasteiger partial charge is 0.492 e. The summed E-state index contributed by atoms with van der Waals surface area (Å²) >= 11 is 0. The van der Waals surface area contributed by atoms with Gasteiger partial charge in [-0.15, -0.1) is 0 Å². The van der Waals surface area contributed by atoms with Gasteiger partial charge in [0.25, 0.3) is 0 Å². The van der Waals surface area contributed by atoms with Crippen LogP contribution in [0.15, 0.2) is 47.5 Å². The van der Waals surface area contributed by atoms with E-state index in [1.54, 1.807) is 0 Å². The van der Waals surface area contributed by atoms with Crippen LogP contribution in [-0.4, -0.2) is 56.9 Å². The Morgan fingerprint density at radius 1 is 1.13 bits per heavy atom. The van der Waals surface area contributed by atoms with Crippen LogP contribution in [0.25, 0.3) is 0 Å². The van der Waals surface area contributed by atoms with Gasteiger partial charge in [-0.25, -0.2) is 13.8 Å². The van der Waals surface area contributed by atoms with Gasteiger partial charge < -0.3 is 20.1 Å². The summed E-state index contributed by atoms with van der Waals surface area (Å²) in [6.45, 7) is 8.11. The zero-order chi connectivity index (χ0) is 21.9. The number of benzene rings is 2. The second-order valence-electron chi connectivity index (χ2n) is 7.23. The van der Waals surface area contributed by atoms with Crippen molar-refractivity contribution in [1.29, 1.82) is 0 Å². The molecule has 168 valence electrons. The first-order chi connectivity index (χ1) is 15.1. The van der Waals surface area contributed by atoms with Crippen molar-refractivity contribution in [2.45, 2.75) is 20.0 Å². The van der Waals surface area contributed by atoms with Crippen molar-refractivity contribution in [2.24, 2.45) is 4.99 Å². The molecule has 1 heterocycles. The summed E-state index contributed by atoms with van der Waals surface area (Å²) in [5.41, 5.74) is 1.25. The van der Waals surface area contributed by atoms with Gasteiger partial charge in [-0.1, -0.05) is 12.1 Å². The van der Waals surface area contributed by atoms with Gasteiger partial charge >= 0.3 is 0 Å². The van der Waals surface area contributed by atoms with Gasteiger partial charge in [0.2, 0.25) is 0 Å². The van der Waals surface area contributed by atoms with Crippen LogP contribution in [0.5, 0.6) is 5.75 Å². The number of hydrogen-bond acceptors (Lipinski definition) is 4. The van der Waals surface area contributed by atoms with E-state index in [2.05, 4.69) is 20.5 Å². The summed E-state index contributed by atoms with van der Waals surface area (Å²) in [5, 5.41) is 6.16. The second-order valence-corrected chi connectivity index (χ2v) is 7.23. The Bertz CT molecular complexity index is 857. The molecule has 6 nitrogen and oxygen atoms in total. The van der Waals surface area contributed by atoms with Crippen molar-refractivity contribution < 1.29 is 18.3 Å². The molecule has 0 radical (unpaired) electrons. The molecule has 0 spiro atoms. The van der Waals surface area contributed by atoms with E-state index in [1.165, 1.54) is 6.07 Å². The Hall–Kier alpha value is -2.71. The lowest BCUT2D eigenvalue weighted by Gasteiger charge is -2.26. The molecule has 2 N–H and O–H groups in total. The lowest BCUT2D eigenvalue weighted by Crippen LogP contribution is -2.38. The summed E-state index contributed by atoms with van der Waals surface area (Å²) in [6.07, 6.45) is 0. The van der Waals surface area contributed by atoms with E-state index in [-0.39, 0.29) is 12.1 Å². The number of rotatable bonds is 9. The van der Waals surface area contributed by atoms with E-state index in [4.69, 9.17) is 9.47 Å². The Labute approximate surface area is 182 Å². The van der Waals surface area contributed by atoms with Gasteiger partial charge in [-0.3, -0.25) is 4.90 Å². The van der Waals surface area contributed by atoms with E-state index in [9.17, 15) is 8.78 Å². The smallest absolute Gasteiger partial charge is 0.191 e. The molecule has 0 unspecified atom stereocenters. The van der Waals surface area contributed by atoms with Crippen molar-refractivity contribution in [3.05, 3.63) is 65.2 Å². The molecule has 0 bridgehead atoms. The van der Waals surface area contributed by atoms with Crippen LogP contribution in [0, 0.1) is 11.6 Å². The van der Waals surface area contributed by atoms with Crippen LogP contribution in [0.2, 0.25) is 0 Å². The van der Waals surface area contributed by atoms with Crippen LogP contribution in [0.3, 0.4) is 0 Å². The lowest BCUT2D eigenvalue weighted by molar-refractivity contribution is 0.0322. The molecule has 3 rings (SSSR count). The van der Waals surface area contributed by atoms with Crippen molar-refractivity contribution in [3.8, 4) is 5.75 Å². The van der Waals surface area contributed by atoms with E-state index in [0.717, 1.165) is 56.3 Å². The third kappa shape index (κ3) is 7.80. The van der Waals surface area contributed by atoms with E-state index < -0.39 is 11.6 Å². The van der Waals surface area contributed by atoms with Gasteiger partial charge in [0, 0.05) is 38.3 Å². The molecule has 1 aliphatic rings. The molecular weight excluding hydrogens is 402 g/mol. The molecular formula is C23H30F2N4O2. The van der Waals surface area contributed by atoms with E-state index in [0.29, 0.717) is 25.7 Å². The number of nitrogens with zero attached hydrogens (tertiary/aromatic N) is 2. The Morgan fingerprint density at radius 3 is 2.77 bits per heavy atom. The SMILES string of the molecule is CCNC(=NCc1cccc(OCCN2CCOCC2)c1)NCc1cc(F)ccc1F. The van der Waals surface area contributed by atoms with E-state index >= 15 is 0 Å².